The summed E-state index contributed by atoms with van der Waals surface area (Å²) in [5.74, 6) is 0.614. The molecule has 0 aromatic carbocycles. The summed E-state index contributed by atoms with van der Waals surface area (Å²) >= 11 is 0. The van der Waals surface area contributed by atoms with Crippen molar-refractivity contribution in [3.8, 4) is 0 Å². The Labute approximate surface area is 172 Å². The van der Waals surface area contributed by atoms with Gasteiger partial charge in [0.1, 0.15) is 0 Å². The Balaban J connectivity index is 1.70. The highest BCUT2D eigenvalue weighted by molar-refractivity contribution is 7.90. The van der Waals surface area contributed by atoms with Crippen molar-refractivity contribution >= 4 is 10.0 Å². The van der Waals surface area contributed by atoms with Crippen LogP contribution in [0.2, 0.25) is 0 Å². The number of sulfonamides is 1. The molecule has 1 aromatic heterocycles. The first kappa shape index (κ1) is 23.3. The highest BCUT2D eigenvalue weighted by Crippen LogP contribution is 2.26. The van der Waals surface area contributed by atoms with Crippen LogP contribution in [0.5, 0.6) is 0 Å². The van der Waals surface area contributed by atoms with E-state index >= 15 is 0 Å². The van der Waals surface area contributed by atoms with Gasteiger partial charge in [-0.1, -0.05) is 25.8 Å². The van der Waals surface area contributed by atoms with Crippen molar-refractivity contribution in [2.24, 2.45) is 5.92 Å². The summed E-state index contributed by atoms with van der Waals surface area (Å²) in [5, 5.41) is 3.55. The van der Waals surface area contributed by atoms with Gasteiger partial charge in [0, 0.05) is 18.3 Å². The van der Waals surface area contributed by atoms with E-state index < -0.39 is 14.8 Å². The number of aryl methyl sites for hydroxylation is 1. The van der Waals surface area contributed by atoms with Crippen molar-refractivity contribution in [2.45, 2.75) is 96.4 Å². The van der Waals surface area contributed by atoms with Crippen LogP contribution in [-0.4, -0.2) is 30.7 Å². The van der Waals surface area contributed by atoms with Gasteiger partial charge in [-0.05, 0) is 83.9 Å². The van der Waals surface area contributed by atoms with Gasteiger partial charge in [-0.25, -0.2) is 13.1 Å². The fourth-order valence-electron chi connectivity index (χ4n) is 3.61. The number of hydrogen-bond acceptors (Lipinski definition) is 4. The highest BCUT2D eigenvalue weighted by Gasteiger charge is 2.32. The van der Waals surface area contributed by atoms with Gasteiger partial charge in [-0.3, -0.25) is 4.98 Å². The molecule has 2 N–H and O–H groups in total. The van der Waals surface area contributed by atoms with Crippen LogP contribution in [0, 0.1) is 5.92 Å². The second-order valence-electron chi connectivity index (χ2n) is 9.16. The van der Waals surface area contributed by atoms with Crippen LogP contribution in [0.15, 0.2) is 18.2 Å². The van der Waals surface area contributed by atoms with Gasteiger partial charge in [-0.15, -0.1) is 0 Å². The summed E-state index contributed by atoms with van der Waals surface area (Å²) in [7, 11) is -3.25. The van der Waals surface area contributed by atoms with E-state index in [1.165, 1.54) is 25.0 Å². The lowest BCUT2D eigenvalue weighted by atomic mass is 9.86. The number of aromatic nitrogens is 1. The molecule has 160 valence electrons. The molecule has 1 saturated carbocycles. The molecule has 28 heavy (non-hydrogen) atoms. The summed E-state index contributed by atoms with van der Waals surface area (Å²) in [5.41, 5.74) is 2.31. The average molecular weight is 410 g/mol. The molecule has 0 bridgehead atoms. The van der Waals surface area contributed by atoms with Crippen molar-refractivity contribution in [3.63, 3.8) is 0 Å². The van der Waals surface area contributed by atoms with E-state index in [-0.39, 0.29) is 6.04 Å². The third kappa shape index (κ3) is 7.45. The van der Waals surface area contributed by atoms with Crippen molar-refractivity contribution in [1.82, 2.24) is 15.0 Å². The van der Waals surface area contributed by atoms with E-state index in [9.17, 15) is 8.42 Å². The van der Waals surface area contributed by atoms with Crippen LogP contribution >= 0.6 is 0 Å². The predicted octanol–water partition coefficient (Wildman–Crippen LogP) is 4.18. The largest absolute Gasteiger partial charge is 0.311 e. The number of hydrogen-bond donors (Lipinski definition) is 2. The molecule has 1 aliphatic carbocycles. The van der Waals surface area contributed by atoms with Gasteiger partial charge >= 0.3 is 0 Å². The Morgan fingerprint density at radius 3 is 2.39 bits per heavy atom. The lowest BCUT2D eigenvalue weighted by molar-refractivity contribution is 0.301. The zero-order chi connectivity index (χ0) is 20.6. The van der Waals surface area contributed by atoms with Crippen LogP contribution in [0.3, 0.4) is 0 Å². The number of unbranched alkanes of at least 4 members (excludes halogenated alkanes) is 2. The first-order valence-corrected chi connectivity index (χ1v) is 12.4. The van der Waals surface area contributed by atoms with E-state index in [1.54, 1.807) is 20.8 Å². The summed E-state index contributed by atoms with van der Waals surface area (Å²) in [6.07, 6.45) is 8.75. The molecule has 0 spiro atoms. The standard InChI is InChI=1S/C22H39N3O2S/c1-5-6-7-9-19-10-8-11-21(24-19)17-23-16-18-12-14-20(15-13-18)25-28(26,27)22(2,3)4/h8,10-11,18,20,23,25H,5-7,9,12-17H2,1-4H3. The second kappa shape index (κ2) is 10.7. The molecule has 1 aliphatic rings. The van der Waals surface area contributed by atoms with E-state index in [2.05, 4.69) is 35.2 Å². The van der Waals surface area contributed by atoms with Gasteiger partial charge in [0.2, 0.25) is 10.0 Å². The summed E-state index contributed by atoms with van der Waals surface area (Å²) < 4.78 is 26.8. The summed E-state index contributed by atoms with van der Waals surface area (Å²) in [4.78, 5) is 4.76. The zero-order valence-corrected chi connectivity index (χ0v) is 18.9. The van der Waals surface area contributed by atoms with Gasteiger partial charge in [-0.2, -0.15) is 0 Å². The van der Waals surface area contributed by atoms with Crippen LogP contribution < -0.4 is 10.0 Å². The maximum absolute atomic E-state index is 12.3. The monoisotopic (exact) mass is 409 g/mol. The van der Waals surface area contributed by atoms with Crippen LogP contribution in [0.4, 0.5) is 0 Å². The van der Waals surface area contributed by atoms with Gasteiger partial charge < -0.3 is 5.32 Å². The fourth-order valence-corrected chi connectivity index (χ4v) is 4.64. The molecule has 0 unspecified atom stereocenters. The molecule has 1 aromatic rings. The van der Waals surface area contributed by atoms with Crippen molar-refractivity contribution < 1.29 is 8.42 Å². The quantitative estimate of drug-likeness (QED) is 0.569. The Morgan fingerprint density at radius 2 is 1.75 bits per heavy atom. The Morgan fingerprint density at radius 1 is 1.07 bits per heavy atom. The van der Waals surface area contributed by atoms with Crippen LogP contribution in [0.25, 0.3) is 0 Å². The van der Waals surface area contributed by atoms with Gasteiger partial charge in [0.15, 0.2) is 0 Å². The van der Waals surface area contributed by atoms with Crippen LogP contribution in [-0.2, 0) is 23.0 Å². The normalized spacial score (nSPS) is 21.0. The number of nitrogens with one attached hydrogen (secondary N) is 2. The fraction of sp³-hybridized carbons (Fsp3) is 0.773. The Kier molecular flexibility index (Phi) is 8.90. The summed E-state index contributed by atoms with van der Waals surface area (Å²) in [6, 6.07) is 6.41. The number of rotatable bonds is 10. The molecule has 2 rings (SSSR count). The minimum Gasteiger partial charge on any atom is -0.311 e. The van der Waals surface area contributed by atoms with Crippen molar-refractivity contribution in [3.05, 3.63) is 29.6 Å². The minimum atomic E-state index is -3.25. The van der Waals surface area contributed by atoms with Crippen molar-refractivity contribution in [1.29, 1.82) is 0 Å². The lowest BCUT2D eigenvalue weighted by Crippen LogP contribution is -2.46. The maximum Gasteiger partial charge on any atom is 0.216 e. The van der Waals surface area contributed by atoms with Crippen LogP contribution in [0.1, 0.15) is 84.0 Å². The molecular formula is C22H39N3O2S. The Hall–Kier alpha value is -0.980. The van der Waals surface area contributed by atoms with Gasteiger partial charge in [0.05, 0.1) is 10.4 Å². The van der Waals surface area contributed by atoms with E-state index in [4.69, 9.17) is 4.98 Å². The number of pyridine rings is 1. The second-order valence-corrected chi connectivity index (χ2v) is 11.6. The highest BCUT2D eigenvalue weighted by atomic mass is 32.2. The molecule has 0 saturated heterocycles. The predicted molar refractivity (Wildman–Crippen MR) is 117 cm³/mol. The summed E-state index contributed by atoms with van der Waals surface area (Å²) in [6.45, 7) is 9.24. The zero-order valence-electron chi connectivity index (χ0n) is 18.1. The molecule has 6 heteroatoms. The van der Waals surface area contributed by atoms with E-state index in [0.717, 1.165) is 50.9 Å². The first-order valence-electron chi connectivity index (χ1n) is 10.9. The Bertz CT molecular complexity index is 690. The lowest BCUT2D eigenvalue weighted by Gasteiger charge is -2.31. The molecule has 0 radical (unpaired) electrons. The molecule has 1 heterocycles. The van der Waals surface area contributed by atoms with Gasteiger partial charge in [0.25, 0.3) is 0 Å². The smallest absolute Gasteiger partial charge is 0.216 e. The molecule has 5 nitrogen and oxygen atoms in total. The number of nitrogens with zero attached hydrogens (tertiary/aromatic N) is 1. The minimum absolute atomic E-state index is 0.0851. The average Bonchev–Trinajstić information content (AvgIpc) is 2.63. The maximum atomic E-state index is 12.3. The SMILES string of the molecule is CCCCCc1cccc(CNCC2CCC(NS(=O)(=O)C(C)(C)C)CC2)n1. The first-order chi connectivity index (χ1) is 13.2. The molecular weight excluding hydrogens is 370 g/mol. The van der Waals surface area contributed by atoms with E-state index in [0.29, 0.717) is 5.92 Å². The van der Waals surface area contributed by atoms with E-state index in [1.807, 2.05) is 0 Å². The van der Waals surface area contributed by atoms with Crippen molar-refractivity contribution in [2.75, 3.05) is 6.54 Å². The molecule has 0 atom stereocenters. The topological polar surface area (TPSA) is 71.1 Å². The molecule has 0 amide bonds. The molecule has 0 aliphatic heterocycles. The third-order valence-corrected chi connectivity index (χ3v) is 7.87. The molecule has 1 fully saturated rings. The third-order valence-electron chi connectivity index (χ3n) is 5.61.